The zero-order chi connectivity index (χ0) is 17.1. The molecule has 0 aliphatic rings. The molecule has 0 unspecified atom stereocenters. The van der Waals surface area contributed by atoms with E-state index >= 15 is 0 Å². The Labute approximate surface area is 139 Å². The molecule has 4 radical (unpaired) electrons. The van der Waals surface area contributed by atoms with Gasteiger partial charge in [-0.1, -0.05) is 23.1 Å². The van der Waals surface area contributed by atoms with Crippen molar-refractivity contribution in [1.29, 1.82) is 0 Å². The summed E-state index contributed by atoms with van der Waals surface area (Å²) >= 11 is 5.93. The third-order valence-electron chi connectivity index (χ3n) is 2.97. The van der Waals surface area contributed by atoms with Gasteiger partial charge >= 0.3 is 5.97 Å². The van der Waals surface area contributed by atoms with Crippen molar-refractivity contribution >= 4 is 50.1 Å². The van der Waals surface area contributed by atoms with Gasteiger partial charge in [-0.3, -0.25) is 9.59 Å². The maximum atomic E-state index is 11.7. The minimum atomic E-state index is -1.21. The molecule has 0 saturated carbocycles. The van der Waals surface area contributed by atoms with Gasteiger partial charge in [0.2, 0.25) is 0 Å². The van der Waals surface area contributed by atoms with E-state index in [1.807, 2.05) is 0 Å². The highest BCUT2D eigenvalue weighted by molar-refractivity contribution is 6.51. The Bertz CT molecular complexity index is 799. The fourth-order valence-corrected chi connectivity index (χ4v) is 2.12. The van der Waals surface area contributed by atoms with E-state index in [4.69, 9.17) is 32.4 Å². The van der Waals surface area contributed by atoms with Crippen LogP contribution in [0.25, 0.3) is 11.1 Å². The van der Waals surface area contributed by atoms with Crippen molar-refractivity contribution in [1.82, 2.24) is 10.3 Å². The quantitative estimate of drug-likeness (QED) is 0.659. The van der Waals surface area contributed by atoms with E-state index in [1.54, 1.807) is 6.07 Å². The number of carboxylic acid groups (broad SMARTS) is 1. The van der Waals surface area contributed by atoms with Crippen LogP contribution in [0.4, 0.5) is 0 Å². The number of rotatable bonds is 4. The lowest BCUT2D eigenvalue weighted by Gasteiger charge is -2.12. The Morgan fingerprint density at radius 1 is 1.26 bits per heavy atom. The number of amides is 1. The predicted octanol–water partition coefficient (Wildman–Crippen LogP) is -0.490. The number of hydrogen-bond acceptors (Lipinski definition) is 4. The van der Waals surface area contributed by atoms with Gasteiger partial charge in [0.15, 0.2) is 5.69 Å². The van der Waals surface area contributed by atoms with E-state index in [0.29, 0.717) is 16.1 Å². The number of pyridine rings is 1. The molecule has 6 nitrogen and oxygen atoms in total. The molecule has 0 aliphatic heterocycles. The van der Waals surface area contributed by atoms with Gasteiger partial charge in [-0.25, -0.2) is 4.98 Å². The summed E-state index contributed by atoms with van der Waals surface area (Å²) in [5.41, 5.74) is 1.09. The second kappa shape index (κ2) is 6.75. The van der Waals surface area contributed by atoms with Crippen molar-refractivity contribution in [3.63, 3.8) is 0 Å². The van der Waals surface area contributed by atoms with Gasteiger partial charge < -0.3 is 15.5 Å². The Kier molecular flexibility index (Phi) is 4.95. The van der Waals surface area contributed by atoms with Crippen LogP contribution < -0.4 is 16.2 Å². The molecule has 0 saturated heterocycles. The van der Waals surface area contributed by atoms with Crippen LogP contribution in [-0.4, -0.2) is 49.3 Å². The number of halogens is 1. The number of aliphatic carboxylic acids is 1. The summed E-state index contributed by atoms with van der Waals surface area (Å²) in [6.07, 6.45) is 1.30. The molecule has 23 heavy (non-hydrogen) atoms. The highest BCUT2D eigenvalue weighted by Gasteiger charge is 2.16. The molecule has 0 fully saturated rings. The standard InChI is InChI=1S/C14H9B2ClN2O4/c15-9-3-7(17)2-8(12(9)16)6-1-10(20)13(18-4-6)14(23)19-5-11(21)22/h1-4,20H,5H2,(H,19,23)(H,21,22). The Hall–Kier alpha value is -2.47. The number of aromatic nitrogens is 1. The van der Waals surface area contributed by atoms with Crippen molar-refractivity contribution in [3.05, 3.63) is 35.1 Å². The molecular formula is C14H9B2ClN2O4. The third-order valence-corrected chi connectivity index (χ3v) is 3.19. The predicted molar refractivity (Wildman–Crippen MR) is 87.1 cm³/mol. The molecule has 1 heterocycles. The molecular weight excluding hydrogens is 317 g/mol. The number of carbonyl (C=O) groups is 2. The summed E-state index contributed by atoms with van der Waals surface area (Å²) in [6, 6.07) is 4.30. The lowest BCUT2D eigenvalue weighted by atomic mass is 9.76. The summed E-state index contributed by atoms with van der Waals surface area (Å²) in [4.78, 5) is 26.0. The molecule has 2 rings (SSSR count). The van der Waals surface area contributed by atoms with E-state index in [1.165, 1.54) is 18.3 Å². The average molecular weight is 326 g/mol. The molecule has 0 aliphatic carbocycles. The minimum Gasteiger partial charge on any atom is -0.505 e. The third kappa shape index (κ3) is 3.84. The molecule has 112 valence electrons. The smallest absolute Gasteiger partial charge is 0.322 e. The van der Waals surface area contributed by atoms with Crippen molar-refractivity contribution < 1.29 is 19.8 Å². The second-order valence-corrected chi connectivity index (χ2v) is 5.06. The number of carbonyl (C=O) groups excluding carboxylic acids is 1. The summed E-state index contributed by atoms with van der Waals surface area (Å²) in [5.74, 6) is -2.45. The maximum Gasteiger partial charge on any atom is 0.322 e. The molecule has 2 aromatic rings. The molecule has 1 aromatic heterocycles. The van der Waals surface area contributed by atoms with Crippen LogP contribution in [0.2, 0.25) is 5.02 Å². The van der Waals surface area contributed by atoms with Gasteiger partial charge in [-0.15, -0.1) is 5.46 Å². The van der Waals surface area contributed by atoms with Gasteiger partial charge in [-0.2, -0.15) is 0 Å². The number of nitrogens with zero attached hydrogens (tertiary/aromatic N) is 1. The summed E-state index contributed by atoms with van der Waals surface area (Å²) in [6.45, 7) is -0.584. The van der Waals surface area contributed by atoms with E-state index in [2.05, 4.69) is 10.3 Å². The zero-order valence-electron chi connectivity index (χ0n) is 11.7. The van der Waals surface area contributed by atoms with Crippen molar-refractivity contribution in [3.8, 4) is 16.9 Å². The van der Waals surface area contributed by atoms with Gasteiger partial charge in [0.25, 0.3) is 5.91 Å². The fourth-order valence-electron chi connectivity index (χ4n) is 1.89. The molecule has 0 spiro atoms. The first kappa shape index (κ1) is 16.9. The van der Waals surface area contributed by atoms with Crippen LogP contribution in [0.5, 0.6) is 5.75 Å². The lowest BCUT2D eigenvalue weighted by molar-refractivity contribution is -0.135. The molecule has 9 heteroatoms. The maximum absolute atomic E-state index is 11.7. The van der Waals surface area contributed by atoms with Crippen LogP contribution in [0.15, 0.2) is 24.4 Å². The topological polar surface area (TPSA) is 99.5 Å². The fraction of sp³-hybridized carbons (Fsp3) is 0.0714. The van der Waals surface area contributed by atoms with Gasteiger partial charge in [-0.05, 0) is 17.7 Å². The number of hydrogen-bond donors (Lipinski definition) is 3. The van der Waals surface area contributed by atoms with E-state index in [0.717, 1.165) is 0 Å². The van der Waals surface area contributed by atoms with Crippen LogP contribution in [0.1, 0.15) is 10.5 Å². The van der Waals surface area contributed by atoms with Gasteiger partial charge in [0.1, 0.15) is 28.0 Å². The number of nitrogens with one attached hydrogen (secondary N) is 1. The largest absolute Gasteiger partial charge is 0.505 e. The average Bonchev–Trinajstić information content (AvgIpc) is 2.48. The van der Waals surface area contributed by atoms with Crippen molar-refractivity contribution in [2.75, 3.05) is 6.54 Å². The van der Waals surface area contributed by atoms with Crippen LogP contribution in [0.3, 0.4) is 0 Å². The molecule has 0 atom stereocenters. The molecule has 0 bridgehead atoms. The summed E-state index contributed by atoms with van der Waals surface area (Å²) in [5, 5.41) is 20.9. The van der Waals surface area contributed by atoms with Crippen molar-refractivity contribution in [2.24, 2.45) is 0 Å². The zero-order valence-corrected chi connectivity index (χ0v) is 12.5. The number of carboxylic acids is 1. The van der Waals surface area contributed by atoms with E-state index in [-0.39, 0.29) is 16.6 Å². The first-order valence-electron chi connectivity index (χ1n) is 6.33. The monoisotopic (exact) mass is 326 g/mol. The Balaban J connectivity index is 2.37. The van der Waals surface area contributed by atoms with E-state index < -0.39 is 24.2 Å². The van der Waals surface area contributed by atoms with Crippen LogP contribution >= 0.6 is 11.6 Å². The number of benzene rings is 1. The lowest BCUT2D eigenvalue weighted by Crippen LogP contribution is -2.30. The molecule has 3 N–H and O–H groups in total. The number of aromatic hydroxyl groups is 1. The Morgan fingerprint density at radius 3 is 2.57 bits per heavy atom. The normalized spacial score (nSPS) is 10.3. The first-order valence-corrected chi connectivity index (χ1v) is 6.71. The Morgan fingerprint density at radius 2 is 1.96 bits per heavy atom. The SMILES string of the molecule is [B]c1cc(Cl)cc(-c2cnc(C(=O)NCC(=O)O)c(O)c2)c1[B]. The molecule has 1 aromatic carbocycles. The van der Waals surface area contributed by atoms with Gasteiger partial charge in [0.05, 0.1) is 0 Å². The highest BCUT2D eigenvalue weighted by Crippen LogP contribution is 2.24. The summed E-state index contributed by atoms with van der Waals surface area (Å²) < 4.78 is 0. The van der Waals surface area contributed by atoms with Crippen LogP contribution in [0, 0.1) is 0 Å². The second-order valence-electron chi connectivity index (χ2n) is 4.62. The van der Waals surface area contributed by atoms with Crippen molar-refractivity contribution in [2.45, 2.75) is 0 Å². The summed E-state index contributed by atoms with van der Waals surface area (Å²) in [7, 11) is 11.6. The minimum absolute atomic E-state index is 0.263. The molecule has 1 amide bonds. The first-order chi connectivity index (χ1) is 10.8. The highest BCUT2D eigenvalue weighted by atomic mass is 35.5. The van der Waals surface area contributed by atoms with Gasteiger partial charge in [0, 0.05) is 16.8 Å². The van der Waals surface area contributed by atoms with Crippen LogP contribution in [-0.2, 0) is 4.79 Å². The van der Waals surface area contributed by atoms with E-state index in [9.17, 15) is 14.7 Å².